The average molecular weight is 201 g/mol. The van der Waals surface area contributed by atoms with E-state index in [2.05, 4.69) is 0 Å². The highest BCUT2D eigenvalue weighted by Crippen LogP contribution is 2.23. The summed E-state index contributed by atoms with van der Waals surface area (Å²) in [6, 6.07) is 5.54. The Bertz CT molecular complexity index is 293. The smallest absolute Gasteiger partial charge is 0.0426 e. The molecule has 0 spiro atoms. The number of hydrogen-bond acceptors (Lipinski definition) is 0. The van der Waals surface area contributed by atoms with E-state index in [4.69, 9.17) is 23.2 Å². The number of halogens is 2. The molecule has 2 heteroatoms. The van der Waals surface area contributed by atoms with Gasteiger partial charge in [-0.05, 0) is 43.2 Å². The van der Waals surface area contributed by atoms with E-state index in [0.717, 1.165) is 5.56 Å². The molecule has 0 atom stereocenters. The van der Waals surface area contributed by atoms with Gasteiger partial charge in [0.25, 0.3) is 0 Å². The van der Waals surface area contributed by atoms with Crippen LogP contribution in [0.2, 0.25) is 10.0 Å². The Kier molecular flexibility index (Phi) is 3.19. The van der Waals surface area contributed by atoms with E-state index in [1.54, 1.807) is 6.07 Å². The highest BCUT2D eigenvalue weighted by molar-refractivity contribution is 6.34. The van der Waals surface area contributed by atoms with E-state index < -0.39 is 0 Å². The summed E-state index contributed by atoms with van der Waals surface area (Å²) in [4.78, 5) is 0. The van der Waals surface area contributed by atoms with Gasteiger partial charge >= 0.3 is 0 Å². The fourth-order valence-electron chi connectivity index (χ4n) is 0.948. The molecule has 0 aromatic heterocycles. The summed E-state index contributed by atoms with van der Waals surface area (Å²) in [6.07, 6.45) is 2.03. The Morgan fingerprint density at radius 2 is 1.67 bits per heavy atom. The molecule has 0 saturated heterocycles. The minimum absolute atomic E-state index is 0.679. The molecule has 0 saturated carbocycles. The summed E-state index contributed by atoms with van der Waals surface area (Å²) in [5, 5.41) is 1.36. The lowest BCUT2D eigenvalue weighted by Crippen LogP contribution is -1.79. The fourth-order valence-corrected chi connectivity index (χ4v) is 1.47. The first-order valence-electron chi connectivity index (χ1n) is 3.73. The van der Waals surface area contributed by atoms with Gasteiger partial charge in [0.1, 0.15) is 0 Å². The highest BCUT2D eigenvalue weighted by atomic mass is 35.5. The van der Waals surface area contributed by atoms with Gasteiger partial charge in [-0.25, -0.2) is 0 Å². The van der Waals surface area contributed by atoms with E-state index in [-0.39, 0.29) is 0 Å². The predicted molar refractivity (Wildman–Crippen MR) is 55.8 cm³/mol. The molecule has 0 N–H and O–H groups in total. The van der Waals surface area contributed by atoms with Crippen LogP contribution in [0, 0.1) is 0 Å². The third kappa shape index (κ3) is 2.26. The quantitative estimate of drug-likeness (QED) is 0.630. The molecule has 0 aliphatic rings. The molecule has 0 heterocycles. The fraction of sp³-hybridized carbons (Fsp3) is 0.200. The van der Waals surface area contributed by atoms with E-state index >= 15 is 0 Å². The molecule has 1 aromatic carbocycles. The van der Waals surface area contributed by atoms with Crippen molar-refractivity contribution in [2.24, 2.45) is 0 Å². The molecular weight excluding hydrogens is 191 g/mol. The van der Waals surface area contributed by atoms with Crippen molar-refractivity contribution in [3.8, 4) is 0 Å². The normalized spacial score (nSPS) is 11.8. The molecule has 0 aliphatic carbocycles. The van der Waals surface area contributed by atoms with E-state index in [0.29, 0.717) is 10.0 Å². The molecular formula is C10H10Cl2. The van der Waals surface area contributed by atoms with Gasteiger partial charge in [-0.15, -0.1) is 0 Å². The van der Waals surface area contributed by atoms with Gasteiger partial charge in [-0.2, -0.15) is 0 Å². The topological polar surface area (TPSA) is 0 Å². The van der Waals surface area contributed by atoms with Crippen LogP contribution in [0.1, 0.15) is 19.4 Å². The third-order valence-electron chi connectivity index (χ3n) is 1.75. The van der Waals surface area contributed by atoms with Gasteiger partial charge < -0.3 is 0 Å². The van der Waals surface area contributed by atoms with E-state index in [1.165, 1.54) is 5.57 Å². The summed E-state index contributed by atoms with van der Waals surface area (Å²) >= 11 is 11.7. The lowest BCUT2D eigenvalue weighted by molar-refractivity contribution is 1.54. The van der Waals surface area contributed by atoms with Crippen LogP contribution >= 0.6 is 23.2 Å². The SMILES string of the molecule is CC=C(C)c1cc(Cl)cc(Cl)c1. The summed E-state index contributed by atoms with van der Waals surface area (Å²) in [5.41, 5.74) is 2.26. The molecule has 0 unspecified atom stereocenters. The average Bonchev–Trinajstić information content (AvgIpc) is 2.01. The second-order valence-corrected chi connectivity index (χ2v) is 3.50. The summed E-state index contributed by atoms with van der Waals surface area (Å²) in [6.45, 7) is 4.02. The van der Waals surface area contributed by atoms with Crippen molar-refractivity contribution in [1.29, 1.82) is 0 Å². The lowest BCUT2D eigenvalue weighted by atomic mass is 10.1. The maximum absolute atomic E-state index is 5.84. The van der Waals surface area contributed by atoms with Gasteiger partial charge in [0.05, 0.1) is 0 Å². The number of benzene rings is 1. The first kappa shape index (κ1) is 9.63. The molecule has 0 amide bonds. The van der Waals surface area contributed by atoms with Crippen LogP contribution in [-0.4, -0.2) is 0 Å². The van der Waals surface area contributed by atoms with E-state index in [9.17, 15) is 0 Å². The zero-order chi connectivity index (χ0) is 9.14. The van der Waals surface area contributed by atoms with Crippen molar-refractivity contribution in [3.05, 3.63) is 39.9 Å². The molecule has 0 nitrogen and oxygen atoms in total. The molecule has 1 aromatic rings. The van der Waals surface area contributed by atoms with Crippen LogP contribution in [0.15, 0.2) is 24.3 Å². The Morgan fingerprint density at radius 3 is 2.08 bits per heavy atom. The van der Waals surface area contributed by atoms with Crippen LogP contribution in [0.25, 0.3) is 5.57 Å². The van der Waals surface area contributed by atoms with Crippen LogP contribution in [0.5, 0.6) is 0 Å². The van der Waals surface area contributed by atoms with Gasteiger partial charge in [-0.1, -0.05) is 29.3 Å². The molecule has 1 rings (SSSR count). The Labute approximate surface area is 82.8 Å². The van der Waals surface area contributed by atoms with Crippen molar-refractivity contribution in [1.82, 2.24) is 0 Å². The molecule has 12 heavy (non-hydrogen) atoms. The third-order valence-corrected chi connectivity index (χ3v) is 2.19. The van der Waals surface area contributed by atoms with Crippen molar-refractivity contribution in [2.45, 2.75) is 13.8 Å². The van der Waals surface area contributed by atoms with Crippen molar-refractivity contribution >= 4 is 28.8 Å². The number of allylic oxidation sites excluding steroid dienone is 2. The first-order chi connectivity index (χ1) is 5.63. The Balaban J connectivity index is 3.17. The maximum Gasteiger partial charge on any atom is 0.0426 e. The first-order valence-corrected chi connectivity index (χ1v) is 4.48. The van der Waals surface area contributed by atoms with Gasteiger partial charge in [-0.3, -0.25) is 0 Å². The van der Waals surface area contributed by atoms with Crippen molar-refractivity contribution in [2.75, 3.05) is 0 Å². The second-order valence-electron chi connectivity index (χ2n) is 2.63. The Hall–Kier alpha value is -0.460. The second kappa shape index (κ2) is 3.97. The molecule has 0 bridgehead atoms. The zero-order valence-corrected chi connectivity index (χ0v) is 8.58. The number of rotatable bonds is 1. The standard InChI is InChI=1S/C10H10Cl2/c1-3-7(2)8-4-9(11)6-10(12)5-8/h3-6H,1-2H3. The predicted octanol–water partition coefficient (Wildman–Crippen LogP) is 4.42. The van der Waals surface area contributed by atoms with Crippen LogP contribution in [-0.2, 0) is 0 Å². The monoisotopic (exact) mass is 200 g/mol. The van der Waals surface area contributed by atoms with Crippen LogP contribution < -0.4 is 0 Å². The summed E-state index contributed by atoms with van der Waals surface area (Å²) in [5.74, 6) is 0. The lowest BCUT2D eigenvalue weighted by Gasteiger charge is -2.02. The Morgan fingerprint density at radius 1 is 1.17 bits per heavy atom. The largest absolute Gasteiger partial charge is 0.0843 e. The van der Waals surface area contributed by atoms with Crippen molar-refractivity contribution in [3.63, 3.8) is 0 Å². The van der Waals surface area contributed by atoms with Gasteiger partial charge in [0.15, 0.2) is 0 Å². The number of hydrogen-bond donors (Lipinski definition) is 0. The van der Waals surface area contributed by atoms with Gasteiger partial charge in [0.2, 0.25) is 0 Å². The minimum Gasteiger partial charge on any atom is -0.0843 e. The van der Waals surface area contributed by atoms with Crippen LogP contribution in [0.4, 0.5) is 0 Å². The van der Waals surface area contributed by atoms with Crippen molar-refractivity contribution < 1.29 is 0 Å². The minimum atomic E-state index is 0.679. The molecule has 0 aliphatic heterocycles. The summed E-state index contributed by atoms with van der Waals surface area (Å²) in [7, 11) is 0. The zero-order valence-electron chi connectivity index (χ0n) is 7.07. The molecule has 0 radical (unpaired) electrons. The van der Waals surface area contributed by atoms with E-state index in [1.807, 2.05) is 32.1 Å². The maximum atomic E-state index is 5.84. The van der Waals surface area contributed by atoms with Gasteiger partial charge in [0, 0.05) is 10.0 Å². The summed E-state index contributed by atoms with van der Waals surface area (Å²) < 4.78 is 0. The molecule has 64 valence electrons. The van der Waals surface area contributed by atoms with Crippen LogP contribution in [0.3, 0.4) is 0 Å². The highest BCUT2D eigenvalue weighted by Gasteiger charge is 1.98. The molecule has 0 fully saturated rings.